The molecule has 0 aromatic rings. The van der Waals surface area contributed by atoms with Crippen LogP contribution in [0.15, 0.2) is 0 Å². The summed E-state index contributed by atoms with van der Waals surface area (Å²) >= 11 is 0. The fourth-order valence-electron chi connectivity index (χ4n) is 2.97. The van der Waals surface area contributed by atoms with Crippen LogP contribution in [0.5, 0.6) is 0 Å². The molecule has 0 radical (unpaired) electrons. The number of likely N-dealkylation sites (tertiary alicyclic amines) is 2. The van der Waals surface area contributed by atoms with Gasteiger partial charge in [0.2, 0.25) is 0 Å². The lowest BCUT2D eigenvalue weighted by atomic mass is 10.1. The molecule has 0 aromatic carbocycles. The number of carbonyl (C=O) groups is 1. The lowest BCUT2D eigenvalue weighted by Crippen LogP contribution is -2.51. The van der Waals surface area contributed by atoms with Crippen LogP contribution < -0.4 is 0 Å². The third-order valence-electron chi connectivity index (χ3n) is 4.00. The molecule has 0 saturated carbocycles. The highest BCUT2D eigenvalue weighted by atomic mass is 16.4. The number of nitrogens with zero attached hydrogens (tertiary/aromatic N) is 2. The molecule has 2 aliphatic heterocycles. The van der Waals surface area contributed by atoms with Gasteiger partial charge < -0.3 is 10.0 Å². The van der Waals surface area contributed by atoms with Crippen LogP contribution in [0.1, 0.15) is 38.5 Å². The standard InChI is InChI=1S/C13H24N2O2/c16-13(17)12(15-9-5-2-6-10-15)11-14-7-3-1-4-8-14/h12H,1-11H2,(H,16,17). The first-order valence-electron chi connectivity index (χ1n) is 6.96. The number of hydrogen-bond donors (Lipinski definition) is 1. The van der Waals surface area contributed by atoms with Crippen molar-refractivity contribution in [3.8, 4) is 0 Å². The first kappa shape index (κ1) is 12.8. The van der Waals surface area contributed by atoms with E-state index in [9.17, 15) is 9.90 Å². The van der Waals surface area contributed by atoms with Crippen LogP contribution in [-0.2, 0) is 4.79 Å². The van der Waals surface area contributed by atoms with E-state index in [1.165, 1.54) is 25.7 Å². The molecule has 2 aliphatic rings. The largest absolute Gasteiger partial charge is 0.480 e. The highest BCUT2D eigenvalue weighted by Gasteiger charge is 2.29. The zero-order valence-corrected chi connectivity index (χ0v) is 10.6. The number of piperidine rings is 2. The molecule has 0 spiro atoms. The van der Waals surface area contributed by atoms with Crippen molar-refractivity contribution in [2.75, 3.05) is 32.7 Å². The van der Waals surface area contributed by atoms with Crippen LogP contribution in [0.3, 0.4) is 0 Å². The van der Waals surface area contributed by atoms with Gasteiger partial charge in [-0.2, -0.15) is 0 Å². The number of hydrogen-bond acceptors (Lipinski definition) is 3. The monoisotopic (exact) mass is 240 g/mol. The Morgan fingerprint density at radius 3 is 2.00 bits per heavy atom. The Labute approximate surface area is 104 Å². The fraction of sp³-hybridized carbons (Fsp3) is 0.923. The van der Waals surface area contributed by atoms with Gasteiger partial charge in [-0.15, -0.1) is 0 Å². The molecule has 4 nitrogen and oxygen atoms in total. The fourth-order valence-corrected chi connectivity index (χ4v) is 2.97. The topological polar surface area (TPSA) is 43.8 Å². The molecule has 2 fully saturated rings. The minimum Gasteiger partial charge on any atom is -0.480 e. The van der Waals surface area contributed by atoms with Crippen LogP contribution in [0, 0.1) is 0 Å². The van der Waals surface area contributed by atoms with Gasteiger partial charge in [-0.25, -0.2) is 0 Å². The molecule has 0 amide bonds. The van der Waals surface area contributed by atoms with Crippen LogP contribution in [0.25, 0.3) is 0 Å². The molecule has 0 aliphatic carbocycles. The maximum Gasteiger partial charge on any atom is 0.322 e. The zero-order chi connectivity index (χ0) is 12.1. The summed E-state index contributed by atoms with van der Waals surface area (Å²) in [5.41, 5.74) is 0. The highest BCUT2D eigenvalue weighted by Crippen LogP contribution is 2.15. The maximum absolute atomic E-state index is 11.4. The number of carboxylic acid groups (broad SMARTS) is 1. The highest BCUT2D eigenvalue weighted by molar-refractivity contribution is 5.73. The average Bonchev–Trinajstić information content (AvgIpc) is 2.38. The van der Waals surface area contributed by atoms with Gasteiger partial charge in [0.15, 0.2) is 0 Å². The number of aliphatic carboxylic acids is 1. The van der Waals surface area contributed by atoms with E-state index in [2.05, 4.69) is 9.80 Å². The summed E-state index contributed by atoms with van der Waals surface area (Å²) in [6, 6.07) is -0.284. The van der Waals surface area contributed by atoms with E-state index >= 15 is 0 Å². The van der Waals surface area contributed by atoms with Crippen molar-refractivity contribution >= 4 is 5.97 Å². The van der Waals surface area contributed by atoms with E-state index in [0.29, 0.717) is 0 Å². The molecular formula is C13H24N2O2. The minimum absolute atomic E-state index is 0.284. The minimum atomic E-state index is -0.641. The summed E-state index contributed by atoms with van der Waals surface area (Å²) in [5.74, 6) is -0.641. The molecule has 2 rings (SSSR count). The van der Waals surface area contributed by atoms with Gasteiger partial charge in [-0.05, 0) is 51.9 Å². The summed E-state index contributed by atoms with van der Waals surface area (Å²) in [4.78, 5) is 15.9. The van der Waals surface area contributed by atoms with E-state index in [1.807, 2.05) is 0 Å². The smallest absolute Gasteiger partial charge is 0.322 e. The molecule has 1 unspecified atom stereocenters. The van der Waals surface area contributed by atoms with Crippen molar-refractivity contribution in [2.24, 2.45) is 0 Å². The van der Waals surface area contributed by atoms with Crippen molar-refractivity contribution in [3.05, 3.63) is 0 Å². The predicted octanol–water partition coefficient (Wildman–Crippen LogP) is 1.41. The Morgan fingerprint density at radius 1 is 0.941 bits per heavy atom. The second-order valence-electron chi connectivity index (χ2n) is 5.31. The molecule has 1 N–H and O–H groups in total. The Balaban J connectivity index is 1.88. The molecule has 17 heavy (non-hydrogen) atoms. The van der Waals surface area contributed by atoms with Crippen molar-refractivity contribution in [2.45, 2.75) is 44.6 Å². The number of rotatable bonds is 4. The first-order chi connectivity index (χ1) is 8.27. The quantitative estimate of drug-likeness (QED) is 0.807. The van der Waals surface area contributed by atoms with E-state index in [-0.39, 0.29) is 6.04 Å². The van der Waals surface area contributed by atoms with Gasteiger partial charge in [0.25, 0.3) is 0 Å². The molecular weight excluding hydrogens is 216 g/mol. The Hall–Kier alpha value is -0.610. The van der Waals surface area contributed by atoms with Gasteiger partial charge >= 0.3 is 5.97 Å². The van der Waals surface area contributed by atoms with Crippen LogP contribution in [0.4, 0.5) is 0 Å². The maximum atomic E-state index is 11.4. The third-order valence-corrected chi connectivity index (χ3v) is 4.00. The van der Waals surface area contributed by atoms with Gasteiger partial charge in [-0.3, -0.25) is 9.69 Å². The van der Waals surface area contributed by atoms with E-state index < -0.39 is 5.97 Å². The Bertz CT molecular complexity index is 246. The zero-order valence-electron chi connectivity index (χ0n) is 10.6. The van der Waals surface area contributed by atoms with Crippen LogP contribution >= 0.6 is 0 Å². The summed E-state index contributed by atoms with van der Waals surface area (Å²) in [6.45, 7) is 4.81. The van der Waals surface area contributed by atoms with Gasteiger partial charge in [0.05, 0.1) is 0 Å². The second kappa shape index (κ2) is 6.36. The van der Waals surface area contributed by atoms with Crippen LogP contribution in [0.2, 0.25) is 0 Å². The Kier molecular flexibility index (Phi) is 4.80. The molecule has 1 atom stereocenters. The SMILES string of the molecule is O=C(O)C(CN1CCCCC1)N1CCCCC1. The molecule has 0 aromatic heterocycles. The summed E-state index contributed by atoms with van der Waals surface area (Å²) in [7, 11) is 0. The third kappa shape index (κ3) is 3.68. The van der Waals surface area contributed by atoms with Crippen molar-refractivity contribution in [1.82, 2.24) is 9.80 Å². The normalized spacial score (nSPS) is 25.6. The second-order valence-corrected chi connectivity index (χ2v) is 5.31. The lowest BCUT2D eigenvalue weighted by molar-refractivity contribution is -0.144. The van der Waals surface area contributed by atoms with E-state index in [4.69, 9.17) is 0 Å². The van der Waals surface area contributed by atoms with Crippen LogP contribution in [-0.4, -0.2) is 59.6 Å². The van der Waals surface area contributed by atoms with Crippen molar-refractivity contribution < 1.29 is 9.90 Å². The Morgan fingerprint density at radius 2 is 1.47 bits per heavy atom. The van der Waals surface area contributed by atoms with Crippen molar-refractivity contribution in [1.29, 1.82) is 0 Å². The first-order valence-corrected chi connectivity index (χ1v) is 6.96. The molecule has 0 bridgehead atoms. The van der Waals surface area contributed by atoms with Gasteiger partial charge in [0, 0.05) is 6.54 Å². The summed E-state index contributed by atoms with van der Waals surface area (Å²) < 4.78 is 0. The van der Waals surface area contributed by atoms with E-state index in [1.54, 1.807) is 0 Å². The molecule has 2 heterocycles. The molecule has 2 saturated heterocycles. The van der Waals surface area contributed by atoms with E-state index in [0.717, 1.165) is 45.6 Å². The average molecular weight is 240 g/mol. The van der Waals surface area contributed by atoms with Gasteiger partial charge in [-0.1, -0.05) is 12.8 Å². The lowest BCUT2D eigenvalue weighted by Gasteiger charge is -2.36. The van der Waals surface area contributed by atoms with Gasteiger partial charge in [0.1, 0.15) is 6.04 Å². The molecule has 98 valence electrons. The summed E-state index contributed by atoms with van der Waals surface area (Å²) in [6.07, 6.45) is 7.33. The number of carboxylic acids is 1. The molecule has 4 heteroatoms. The predicted molar refractivity (Wildman–Crippen MR) is 67.1 cm³/mol. The van der Waals surface area contributed by atoms with Crippen molar-refractivity contribution in [3.63, 3.8) is 0 Å². The summed E-state index contributed by atoms with van der Waals surface area (Å²) in [5, 5.41) is 9.39.